The largest absolute Gasteiger partial charge is 0.338 e. The third kappa shape index (κ3) is 2.24. The second-order valence-electron chi connectivity index (χ2n) is 5.60. The van der Waals surface area contributed by atoms with Gasteiger partial charge in [-0.05, 0) is 25.8 Å². The molecule has 0 aliphatic carbocycles. The lowest BCUT2D eigenvalue weighted by Gasteiger charge is -2.34. The lowest BCUT2D eigenvalue weighted by Crippen LogP contribution is -2.43. The van der Waals surface area contributed by atoms with E-state index in [4.69, 9.17) is 4.52 Å². The standard InChI is InChI=1S/C14H21N5O/c1-3-5-14(6-4-7-15-10-14)13-17-11(18-20-13)12-16-8-9-19(12)2/h8-9,15H,3-7,10H2,1-2H3. The molecule has 1 aliphatic heterocycles. The van der Waals surface area contributed by atoms with Crippen molar-refractivity contribution in [1.29, 1.82) is 0 Å². The summed E-state index contributed by atoms with van der Waals surface area (Å²) in [7, 11) is 1.93. The SMILES string of the molecule is CCCC1(c2nc(-c3nccn3C)no2)CCCNC1. The quantitative estimate of drug-likeness (QED) is 0.922. The van der Waals surface area contributed by atoms with E-state index in [0.29, 0.717) is 5.82 Å². The van der Waals surface area contributed by atoms with Crippen molar-refractivity contribution in [2.45, 2.75) is 38.0 Å². The Balaban J connectivity index is 1.93. The predicted molar refractivity (Wildman–Crippen MR) is 75.2 cm³/mol. The Morgan fingerprint density at radius 2 is 2.40 bits per heavy atom. The second kappa shape index (κ2) is 5.36. The molecule has 0 saturated carbocycles. The smallest absolute Gasteiger partial charge is 0.238 e. The van der Waals surface area contributed by atoms with Gasteiger partial charge in [0.05, 0.1) is 5.41 Å². The van der Waals surface area contributed by atoms with E-state index in [1.54, 1.807) is 6.20 Å². The Labute approximate surface area is 118 Å². The number of piperidine rings is 1. The Morgan fingerprint density at radius 1 is 1.50 bits per heavy atom. The highest BCUT2D eigenvalue weighted by Crippen LogP contribution is 2.35. The molecule has 0 radical (unpaired) electrons. The number of aryl methyl sites for hydroxylation is 1. The zero-order valence-corrected chi connectivity index (χ0v) is 12.1. The van der Waals surface area contributed by atoms with Gasteiger partial charge in [0.15, 0.2) is 5.82 Å². The maximum absolute atomic E-state index is 5.58. The second-order valence-corrected chi connectivity index (χ2v) is 5.60. The summed E-state index contributed by atoms with van der Waals surface area (Å²) in [5, 5.41) is 7.59. The molecule has 108 valence electrons. The van der Waals surface area contributed by atoms with Gasteiger partial charge in [-0.1, -0.05) is 18.5 Å². The van der Waals surface area contributed by atoms with Crippen molar-refractivity contribution in [2.24, 2.45) is 7.05 Å². The Kier molecular flexibility index (Phi) is 3.56. The molecule has 0 aromatic carbocycles. The van der Waals surface area contributed by atoms with Crippen LogP contribution in [0.1, 0.15) is 38.5 Å². The summed E-state index contributed by atoms with van der Waals surface area (Å²) >= 11 is 0. The molecule has 3 rings (SSSR count). The van der Waals surface area contributed by atoms with Crippen molar-refractivity contribution in [3.63, 3.8) is 0 Å². The summed E-state index contributed by atoms with van der Waals surface area (Å²) in [5.74, 6) is 2.08. The maximum Gasteiger partial charge on any atom is 0.238 e. The van der Waals surface area contributed by atoms with Crippen molar-refractivity contribution in [2.75, 3.05) is 13.1 Å². The summed E-state index contributed by atoms with van der Waals surface area (Å²) in [6, 6.07) is 0. The van der Waals surface area contributed by atoms with E-state index < -0.39 is 0 Å². The van der Waals surface area contributed by atoms with Crippen molar-refractivity contribution in [3.8, 4) is 11.6 Å². The van der Waals surface area contributed by atoms with Gasteiger partial charge >= 0.3 is 0 Å². The van der Waals surface area contributed by atoms with Crippen LogP contribution in [0.2, 0.25) is 0 Å². The highest BCUT2D eigenvalue weighted by molar-refractivity contribution is 5.42. The first-order valence-electron chi connectivity index (χ1n) is 7.28. The van der Waals surface area contributed by atoms with E-state index in [2.05, 4.69) is 27.4 Å². The van der Waals surface area contributed by atoms with Crippen molar-refractivity contribution in [3.05, 3.63) is 18.3 Å². The van der Waals surface area contributed by atoms with E-state index >= 15 is 0 Å². The van der Waals surface area contributed by atoms with Gasteiger partial charge in [-0.25, -0.2) is 4.98 Å². The molecule has 1 N–H and O–H groups in total. The number of rotatable bonds is 4. The fourth-order valence-electron chi connectivity index (χ4n) is 3.06. The van der Waals surface area contributed by atoms with Crippen LogP contribution in [-0.4, -0.2) is 32.8 Å². The highest BCUT2D eigenvalue weighted by atomic mass is 16.5. The predicted octanol–water partition coefficient (Wildman–Crippen LogP) is 1.89. The minimum absolute atomic E-state index is 0.0105. The maximum atomic E-state index is 5.58. The van der Waals surface area contributed by atoms with E-state index in [0.717, 1.165) is 50.5 Å². The third-order valence-electron chi connectivity index (χ3n) is 4.10. The van der Waals surface area contributed by atoms with Crippen molar-refractivity contribution < 1.29 is 4.52 Å². The summed E-state index contributed by atoms with van der Waals surface area (Å²) in [5.41, 5.74) is -0.0105. The van der Waals surface area contributed by atoms with Crippen LogP contribution >= 0.6 is 0 Å². The molecule has 20 heavy (non-hydrogen) atoms. The molecule has 1 saturated heterocycles. The number of nitrogens with one attached hydrogen (secondary N) is 1. The fraction of sp³-hybridized carbons (Fsp3) is 0.643. The number of hydrogen-bond donors (Lipinski definition) is 1. The molecule has 1 aliphatic rings. The molecule has 2 aromatic rings. The molecule has 0 spiro atoms. The minimum atomic E-state index is -0.0105. The number of hydrogen-bond acceptors (Lipinski definition) is 5. The van der Waals surface area contributed by atoms with Gasteiger partial charge in [0, 0.05) is 26.0 Å². The highest BCUT2D eigenvalue weighted by Gasteiger charge is 2.38. The van der Waals surface area contributed by atoms with Crippen LogP contribution in [0.5, 0.6) is 0 Å². The topological polar surface area (TPSA) is 68.8 Å². The van der Waals surface area contributed by atoms with E-state index in [-0.39, 0.29) is 5.41 Å². The average molecular weight is 275 g/mol. The summed E-state index contributed by atoms with van der Waals surface area (Å²) < 4.78 is 7.49. The molecule has 6 nitrogen and oxygen atoms in total. The first-order chi connectivity index (χ1) is 9.75. The van der Waals surface area contributed by atoms with E-state index in [1.807, 2.05) is 17.8 Å². The van der Waals surface area contributed by atoms with Gasteiger partial charge in [-0.15, -0.1) is 0 Å². The average Bonchev–Trinajstić information content (AvgIpc) is 3.08. The van der Waals surface area contributed by atoms with Crippen LogP contribution in [0.4, 0.5) is 0 Å². The van der Waals surface area contributed by atoms with Crippen LogP contribution in [0, 0.1) is 0 Å². The molecule has 1 unspecified atom stereocenters. The molecule has 1 atom stereocenters. The van der Waals surface area contributed by atoms with Gasteiger partial charge in [-0.2, -0.15) is 4.98 Å². The van der Waals surface area contributed by atoms with Crippen LogP contribution in [0.25, 0.3) is 11.6 Å². The Bertz CT molecular complexity index is 562. The Morgan fingerprint density at radius 3 is 3.05 bits per heavy atom. The zero-order chi connectivity index (χ0) is 14.0. The molecule has 2 aromatic heterocycles. The normalized spacial score (nSPS) is 23.1. The summed E-state index contributed by atoms with van der Waals surface area (Å²) in [4.78, 5) is 8.90. The molecule has 0 bridgehead atoms. The van der Waals surface area contributed by atoms with Crippen molar-refractivity contribution >= 4 is 0 Å². The van der Waals surface area contributed by atoms with Crippen LogP contribution in [0.3, 0.4) is 0 Å². The van der Waals surface area contributed by atoms with Crippen molar-refractivity contribution in [1.82, 2.24) is 25.0 Å². The first kappa shape index (κ1) is 13.3. The Hall–Kier alpha value is -1.69. The monoisotopic (exact) mass is 275 g/mol. The number of nitrogens with zero attached hydrogens (tertiary/aromatic N) is 4. The lowest BCUT2D eigenvalue weighted by molar-refractivity contribution is 0.213. The molecule has 1 fully saturated rings. The zero-order valence-electron chi connectivity index (χ0n) is 12.1. The molecule has 3 heterocycles. The summed E-state index contributed by atoms with van der Waals surface area (Å²) in [6.07, 6.45) is 8.07. The molecular weight excluding hydrogens is 254 g/mol. The van der Waals surface area contributed by atoms with Gasteiger partial charge in [0.25, 0.3) is 0 Å². The van der Waals surface area contributed by atoms with Gasteiger partial charge in [0.2, 0.25) is 11.7 Å². The van der Waals surface area contributed by atoms with Crippen LogP contribution < -0.4 is 5.32 Å². The van der Waals surface area contributed by atoms with E-state index in [9.17, 15) is 0 Å². The van der Waals surface area contributed by atoms with E-state index in [1.165, 1.54) is 0 Å². The fourth-order valence-corrected chi connectivity index (χ4v) is 3.06. The van der Waals surface area contributed by atoms with Crippen LogP contribution in [0.15, 0.2) is 16.9 Å². The van der Waals surface area contributed by atoms with Gasteiger partial charge < -0.3 is 14.4 Å². The third-order valence-corrected chi connectivity index (χ3v) is 4.10. The van der Waals surface area contributed by atoms with Crippen LogP contribution in [-0.2, 0) is 12.5 Å². The number of aromatic nitrogens is 4. The molecular formula is C14H21N5O. The molecule has 0 amide bonds. The number of imidazole rings is 1. The molecule has 6 heteroatoms. The summed E-state index contributed by atoms with van der Waals surface area (Å²) in [6.45, 7) is 4.20. The minimum Gasteiger partial charge on any atom is -0.338 e. The lowest BCUT2D eigenvalue weighted by atomic mass is 9.77. The first-order valence-corrected chi connectivity index (χ1v) is 7.28. The van der Waals surface area contributed by atoms with Gasteiger partial charge in [0.1, 0.15) is 0 Å². The van der Waals surface area contributed by atoms with Gasteiger partial charge in [-0.3, -0.25) is 0 Å².